The largest absolute Gasteiger partial charge is 0.488 e. The van der Waals surface area contributed by atoms with Gasteiger partial charge in [0.25, 0.3) is 0 Å². The van der Waals surface area contributed by atoms with E-state index in [4.69, 9.17) is 4.74 Å². The molecule has 2 aliphatic heterocycles. The molecule has 0 spiro atoms. The number of rotatable bonds is 4. The molecule has 1 N–H and O–H groups in total. The summed E-state index contributed by atoms with van der Waals surface area (Å²) in [5.41, 5.74) is 2.72. The Labute approximate surface area is 128 Å². The number of aryl methyl sites for hydroxylation is 1. The lowest BCUT2D eigenvalue weighted by Gasteiger charge is -2.26. The summed E-state index contributed by atoms with van der Waals surface area (Å²) in [4.78, 5) is 2.60. The summed E-state index contributed by atoms with van der Waals surface area (Å²) in [7, 11) is 0. The highest BCUT2D eigenvalue weighted by Crippen LogP contribution is 2.29. The highest BCUT2D eigenvalue weighted by molar-refractivity contribution is 5.40. The third kappa shape index (κ3) is 3.78. The van der Waals surface area contributed by atoms with Crippen LogP contribution < -0.4 is 10.1 Å². The number of benzene rings is 1. The first-order valence-electron chi connectivity index (χ1n) is 8.46. The maximum absolute atomic E-state index is 6.14. The molecular weight excluding hydrogens is 260 g/mol. The number of hydrogen-bond acceptors (Lipinski definition) is 3. The van der Waals surface area contributed by atoms with Crippen molar-refractivity contribution >= 4 is 0 Å². The van der Waals surface area contributed by atoms with Crippen LogP contribution in [0.5, 0.6) is 5.75 Å². The molecule has 0 aliphatic carbocycles. The van der Waals surface area contributed by atoms with Crippen molar-refractivity contribution in [3.63, 3.8) is 0 Å². The number of nitrogens with zero attached hydrogens (tertiary/aromatic N) is 1. The van der Waals surface area contributed by atoms with Gasteiger partial charge in [-0.05, 0) is 44.5 Å². The highest BCUT2D eigenvalue weighted by Gasteiger charge is 2.26. The standard InChI is InChI=1S/C18H28N2O/c1-3-5-16-12-20(9-4-8-19-16)13-17-11-15-10-14(2)6-7-18(15)21-17/h6-7,10,16-17,19H,3-5,8-9,11-13H2,1-2H3. The number of nitrogens with one attached hydrogen (secondary N) is 1. The zero-order chi connectivity index (χ0) is 14.7. The van der Waals surface area contributed by atoms with E-state index >= 15 is 0 Å². The molecule has 1 aromatic carbocycles. The van der Waals surface area contributed by atoms with E-state index in [0.29, 0.717) is 12.1 Å². The average molecular weight is 288 g/mol. The van der Waals surface area contributed by atoms with Gasteiger partial charge in [-0.3, -0.25) is 4.90 Å². The van der Waals surface area contributed by atoms with Crippen molar-refractivity contribution in [1.82, 2.24) is 10.2 Å². The van der Waals surface area contributed by atoms with Gasteiger partial charge in [0.05, 0.1) is 0 Å². The summed E-state index contributed by atoms with van der Waals surface area (Å²) < 4.78 is 6.14. The van der Waals surface area contributed by atoms with E-state index in [-0.39, 0.29) is 0 Å². The van der Waals surface area contributed by atoms with E-state index in [1.807, 2.05) is 0 Å². The van der Waals surface area contributed by atoms with Crippen molar-refractivity contribution < 1.29 is 4.74 Å². The van der Waals surface area contributed by atoms with Gasteiger partial charge in [0.1, 0.15) is 11.9 Å². The fourth-order valence-electron chi connectivity index (χ4n) is 3.62. The molecule has 2 heterocycles. The second-order valence-electron chi connectivity index (χ2n) is 6.61. The van der Waals surface area contributed by atoms with Crippen LogP contribution in [0.3, 0.4) is 0 Å². The Hall–Kier alpha value is -1.06. The Bertz CT molecular complexity index is 474. The van der Waals surface area contributed by atoms with Crippen molar-refractivity contribution in [2.24, 2.45) is 0 Å². The summed E-state index contributed by atoms with van der Waals surface area (Å²) in [5.74, 6) is 1.10. The number of ether oxygens (including phenoxy) is 1. The van der Waals surface area contributed by atoms with Crippen LogP contribution in [0.4, 0.5) is 0 Å². The van der Waals surface area contributed by atoms with Gasteiger partial charge in [0, 0.05) is 25.6 Å². The molecule has 1 fully saturated rings. The van der Waals surface area contributed by atoms with E-state index in [1.165, 1.54) is 43.5 Å². The van der Waals surface area contributed by atoms with Crippen LogP contribution >= 0.6 is 0 Å². The van der Waals surface area contributed by atoms with E-state index in [0.717, 1.165) is 25.3 Å². The molecule has 21 heavy (non-hydrogen) atoms. The van der Waals surface area contributed by atoms with E-state index < -0.39 is 0 Å². The number of hydrogen-bond donors (Lipinski definition) is 1. The molecule has 3 nitrogen and oxygen atoms in total. The van der Waals surface area contributed by atoms with Crippen LogP contribution in [-0.4, -0.2) is 43.2 Å². The van der Waals surface area contributed by atoms with Gasteiger partial charge in [-0.15, -0.1) is 0 Å². The molecule has 0 saturated carbocycles. The lowest BCUT2D eigenvalue weighted by Crippen LogP contribution is -2.41. The van der Waals surface area contributed by atoms with Crippen molar-refractivity contribution in [3.8, 4) is 5.75 Å². The minimum atomic E-state index is 0.335. The van der Waals surface area contributed by atoms with Gasteiger partial charge < -0.3 is 10.1 Å². The lowest BCUT2D eigenvalue weighted by molar-refractivity contribution is 0.147. The Balaban J connectivity index is 1.57. The normalized spacial score (nSPS) is 26.2. The minimum Gasteiger partial charge on any atom is -0.488 e. The molecule has 3 rings (SSSR count). The van der Waals surface area contributed by atoms with Crippen LogP contribution in [0.25, 0.3) is 0 Å². The molecule has 1 aromatic rings. The predicted octanol–water partition coefficient (Wildman–Crippen LogP) is 2.76. The molecule has 0 aromatic heterocycles. The van der Waals surface area contributed by atoms with Crippen molar-refractivity contribution in [1.29, 1.82) is 0 Å². The Kier molecular flexibility index (Phi) is 4.81. The van der Waals surface area contributed by atoms with Crippen molar-refractivity contribution in [3.05, 3.63) is 29.3 Å². The summed E-state index contributed by atoms with van der Waals surface area (Å²) in [6.07, 6.45) is 5.19. The molecule has 0 bridgehead atoms. The second kappa shape index (κ2) is 6.80. The second-order valence-corrected chi connectivity index (χ2v) is 6.61. The molecule has 2 atom stereocenters. The summed E-state index contributed by atoms with van der Waals surface area (Å²) >= 11 is 0. The molecule has 2 unspecified atom stereocenters. The third-order valence-corrected chi connectivity index (χ3v) is 4.62. The van der Waals surface area contributed by atoms with Gasteiger partial charge >= 0.3 is 0 Å². The van der Waals surface area contributed by atoms with Crippen LogP contribution in [0, 0.1) is 6.92 Å². The Morgan fingerprint density at radius 2 is 2.29 bits per heavy atom. The van der Waals surface area contributed by atoms with E-state index in [2.05, 4.69) is 42.3 Å². The third-order valence-electron chi connectivity index (χ3n) is 4.62. The smallest absolute Gasteiger partial charge is 0.123 e. The topological polar surface area (TPSA) is 24.5 Å². The first kappa shape index (κ1) is 14.9. The SMILES string of the molecule is CCCC1CN(CC2Cc3cc(C)ccc3O2)CCCN1. The maximum Gasteiger partial charge on any atom is 0.123 e. The average Bonchev–Trinajstić information content (AvgIpc) is 2.70. The summed E-state index contributed by atoms with van der Waals surface area (Å²) in [6, 6.07) is 7.21. The Morgan fingerprint density at radius 3 is 3.14 bits per heavy atom. The molecule has 0 amide bonds. The minimum absolute atomic E-state index is 0.335. The van der Waals surface area contributed by atoms with Gasteiger partial charge in [0.2, 0.25) is 0 Å². The summed E-state index contributed by atoms with van der Waals surface area (Å²) in [5, 5.41) is 3.68. The highest BCUT2D eigenvalue weighted by atomic mass is 16.5. The molecule has 2 aliphatic rings. The first-order valence-corrected chi connectivity index (χ1v) is 8.46. The Morgan fingerprint density at radius 1 is 1.38 bits per heavy atom. The quantitative estimate of drug-likeness (QED) is 0.922. The van der Waals surface area contributed by atoms with Gasteiger partial charge in [0.15, 0.2) is 0 Å². The summed E-state index contributed by atoms with van der Waals surface area (Å²) in [6.45, 7) is 9.02. The molecule has 116 valence electrons. The van der Waals surface area contributed by atoms with E-state index in [9.17, 15) is 0 Å². The van der Waals surface area contributed by atoms with Gasteiger partial charge in [-0.1, -0.05) is 31.0 Å². The molecule has 3 heteroatoms. The van der Waals surface area contributed by atoms with Crippen LogP contribution in [0.15, 0.2) is 18.2 Å². The van der Waals surface area contributed by atoms with Crippen molar-refractivity contribution in [2.75, 3.05) is 26.2 Å². The molecular formula is C18H28N2O. The maximum atomic E-state index is 6.14. The van der Waals surface area contributed by atoms with Gasteiger partial charge in [-0.25, -0.2) is 0 Å². The van der Waals surface area contributed by atoms with Crippen molar-refractivity contribution in [2.45, 2.75) is 51.7 Å². The zero-order valence-corrected chi connectivity index (χ0v) is 13.4. The van der Waals surface area contributed by atoms with Crippen LogP contribution in [0.1, 0.15) is 37.3 Å². The fraction of sp³-hybridized carbons (Fsp3) is 0.667. The lowest BCUT2D eigenvalue weighted by atomic mass is 10.1. The molecule has 1 saturated heterocycles. The van der Waals surface area contributed by atoms with Gasteiger partial charge in [-0.2, -0.15) is 0 Å². The van der Waals surface area contributed by atoms with Crippen LogP contribution in [0.2, 0.25) is 0 Å². The zero-order valence-electron chi connectivity index (χ0n) is 13.4. The number of fused-ring (bicyclic) bond motifs is 1. The van der Waals surface area contributed by atoms with E-state index in [1.54, 1.807) is 0 Å². The monoisotopic (exact) mass is 288 g/mol. The molecule has 0 radical (unpaired) electrons. The van der Waals surface area contributed by atoms with Crippen LogP contribution in [-0.2, 0) is 6.42 Å². The predicted molar refractivity (Wildman–Crippen MR) is 87.1 cm³/mol. The first-order chi connectivity index (χ1) is 10.2. The fourth-order valence-corrected chi connectivity index (χ4v) is 3.62.